The van der Waals surface area contributed by atoms with Crippen LogP contribution in [-0.2, 0) is 11.2 Å². The second-order valence-electron chi connectivity index (χ2n) is 3.40. The number of likely N-dealkylation sites (N-methyl/N-ethyl adjacent to an activating group) is 1. The second-order valence-corrected chi connectivity index (χ2v) is 3.40. The van der Waals surface area contributed by atoms with Crippen LogP contribution in [0.4, 0.5) is 5.69 Å². The SMILES string of the molecule is CCc1cc(N(C)CC=O)ccc1OC. The number of carbonyl (C=O) groups is 1. The lowest BCUT2D eigenvalue weighted by Gasteiger charge is -2.18. The molecule has 0 unspecified atom stereocenters. The van der Waals surface area contributed by atoms with Crippen molar-refractivity contribution in [2.75, 3.05) is 25.6 Å². The molecular formula is C12H17NO2. The van der Waals surface area contributed by atoms with Gasteiger partial charge in [-0.15, -0.1) is 0 Å². The maximum Gasteiger partial charge on any atom is 0.139 e. The van der Waals surface area contributed by atoms with Gasteiger partial charge in [0.1, 0.15) is 12.0 Å². The van der Waals surface area contributed by atoms with Gasteiger partial charge in [-0.3, -0.25) is 0 Å². The zero-order valence-corrected chi connectivity index (χ0v) is 9.49. The van der Waals surface area contributed by atoms with Crippen molar-refractivity contribution in [1.29, 1.82) is 0 Å². The summed E-state index contributed by atoms with van der Waals surface area (Å²) in [7, 11) is 3.57. The summed E-state index contributed by atoms with van der Waals surface area (Å²) in [6.45, 7) is 2.50. The fourth-order valence-electron chi connectivity index (χ4n) is 1.50. The third-order valence-corrected chi connectivity index (χ3v) is 2.43. The van der Waals surface area contributed by atoms with E-state index in [1.54, 1.807) is 7.11 Å². The molecule has 0 aliphatic carbocycles. The number of hydrogen-bond acceptors (Lipinski definition) is 3. The van der Waals surface area contributed by atoms with Crippen molar-refractivity contribution in [3.05, 3.63) is 23.8 Å². The fraction of sp³-hybridized carbons (Fsp3) is 0.417. The lowest BCUT2D eigenvalue weighted by atomic mass is 10.1. The Morgan fingerprint density at radius 3 is 2.73 bits per heavy atom. The fourth-order valence-corrected chi connectivity index (χ4v) is 1.50. The van der Waals surface area contributed by atoms with Gasteiger partial charge in [-0.05, 0) is 30.2 Å². The Balaban J connectivity index is 2.96. The predicted octanol–water partition coefficient (Wildman–Crippen LogP) is 1.89. The number of benzene rings is 1. The number of methoxy groups -OCH3 is 1. The number of aldehydes is 1. The second kappa shape index (κ2) is 5.39. The van der Waals surface area contributed by atoms with Crippen LogP contribution in [0, 0.1) is 0 Å². The van der Waals surface area contributed by atoms with Gasteiger partial charge in [0, 0.05) is 12.7 Å². The molecule has 15 heavy (non-hydrogen) atoms. The van der Waals surface area contributed by atoms with Gasteiger partial charge in [-0.2, -0.15) is 0 Å². The van der Waals surface area contributed by atoms with Crippen LogP contribution in [0.3, 0.4) is 0 Å². The van der Waals surface area contributed by atoms with E-state index in [9.17, 15) is 4.79 Å². The Morgan fingerprint density at radius 2 is 2.20 bits per heavy atom. The summed E-state index contributed by atoms with van der Waals surface area (Å²) in [6.07, 6.45) is 1.82. The third kappa shape index (κ3) is 2.72. The third-order valence-electron chi connectivity index (χ3n) is 2.43. The molecule has 0 bridgehead atoms. The Kier molecular flexibility index (Phi) is 4.16. The van der Waals surface area contributed by atoms with Crippen LogP contribution in [0.2, 0.25) is 0 Å². The highest BCUT2D eigenvalue weighted by atomic mass is 16.5. The minimum atomic E-state index is 0.412. The average Bonchev–Trinajstić information content (AvgIpc) is 2.28. The topological polar surface area (TPSA) is 29.5 Å². The summed E-state index contributed by atoms with van der Waals surface area (Å²) < 4.78 is 5.24. The Hall–Kier alpha value is -1.51. The number of hydrogen-bond donors (Lipinski definition) is 0. The van der Waals surface area contributed by atoms with Crippen LogP contribution in [0.15, 0.2) is 18.2 Å². The van der Waals surface area contributed by atoms with Crippen LogP contribution in [0.1, 0.15) is 12.5 Å². The standard InChI is InChI=1S/C12H17NO2/c1-4-10-9-11(13(2)7-8-14)5-6-12(10)15-3/h5-6,8-9H,4,7H2,1-3H3. The van der Waals surface area contributed by atoms with Gasteiger partial charge in [0.25, 0.3) is 0 Å². The van der Waals surface area contributed by atoms with Crippen LogP contribution in [0.5, 0.6) is 5.75 Å². The molecule has 82 valence electrons. The molecule has 0 aromatic heterocycles. The highest BCUT2D eigenvalue weighted by Crippen LogP contribution is 2.24. The van der Waals surface area contributed by atoms with E-state index in [0.717, 1.165) is 29.7 Å². The van der Waals surface area contributed by atoms with Crippen molar-refractivity contribution in [2.24, 2.45) is 0 Å². The van der Waals surface area contributed by atoms with E-state index < -0.39 is 0 Å². The van der Waals surface area contributed by atoms with Crippen LogP contribution in [0.25, 0.3) is 0 Å². The molecule has 0 saturated heterocycles. The normalized spacial score (nSPS) is 9.80. The molecule has 0 radical (unpaired) electrons. The molecule has 0 spiro atoms. The molecule has 3 heteroatoms. The average molecular weight is 207 g/mol. The lowest BCUT2D eigenvalue weighted by Crippen LogP contribution is -2.19. The highest BCUT2D eigenvalue weighted by Gasteiger charge is 2.05. The van der Waals surface area contributed by atoms with E-state index in [4.69, 9.17) is 4.74 Å². The molecule has 3 nitrogen and oxygen atoms in total. The first kappa shape index (κ1) is 11.6. The van der Waals surface area contributed by atoms with Crippen molar-refractivity contribution >= 4 is 12.0 Å². The Labute approximate surface area is 90.7 Å². The molecular weight excluding hydrogens is 190 g/mol. The maximum atomic E-state index is 10.4. The first-order valence-corrected chi connectivity index (χ1v) is 5.04. The number of carbonyl (C=O) groups excluding carboxylic acids is 1. The molecule has 0 aliphatic rings. The minimum absolute atomic E-state index is 0.412. The van der Waals surface area contributed by atoms with Crippen molar-refractivity contribution in [1.82, 2.24) is 0 Å². The number of ether oxygens (including phenoxy) is 1. The van der Waals surface area contributed by atoms with Crippen molar-refractivity contribution < 1.29 is 9.53 Å². The minimum Gasteiger partial charge on any atom is -0.496 e. The number of nitrogens with zero attached hydrogens (tertiary/aromatic N) is 1. The predicted molar refractivity (Wildman–Crippen MR) is 61.7 cm³/mol. The molecule has 0 N–H and O–H groups in total. The van der Waals surface area contributed by atoms with E-state index in [1.165, 1.54) is 0 Å². The summed E-state index contributed by atoms with van der Waals surface area (Å²) in [5.41, 5.74) is 2.20. The lowest BCUT2D eigenvalue weighted by molar-refractivity contribution is -0.106. The van der Waals surface area contributed by atoms with E-state index >= 15 is 0 Å². The van der Waals surface area contributed by atoms with Crippen LogP contribution >= 0.6 is 0 Å². The van der Waals surface area contributed by atoms with Crippen molar-refractivity contribution in [3.63, 3.8) is 0 Å². The van der Waals surface area contributed by atoms with Gasteiger partial charge in [0.2, 0.25) is 0 Å². The van der Waals surface area contributed by atoms with E-state index in [-0.39, 0.29) is 0 Å². The molecule has 0 atom stereocenters. The van der Waals surface area contributed by atoms with E-state index in [2.05, 4.69) is 13.0 Å². The van der Waals surface area contributed by atoms with Gasteiger partial charge in [0.05, 0.1) is 13.7 Å². The van der Waals surface area contributed by atoms with Gasteiger partial charge < -0.3 is 14.4 Å². The van der Waals surface area contributed by atoms with Gasteiger partial charge in [-0.25, -0.2) is 0 Å². The molecule has 0 amide bonds. The van der Waals surface area contributed by atoms with Crippen molar-refractivity contribution in [3.8, 4) is 5.75 Å². The molecule has 0 aliphatic heterocycles. The van der Waals surface area contributed by atoms with Gasteiger partial charge >= 0.3 is 0 Å². The summed E-state index contributed by atoms with van der Waals surface area (Å²) in [4.78, 5) is 12.3. The Morgan fingerprint density at radius 1 is 1.47 bits per heavy atom. The quantitative estimate of drug-likeness (QED) is 0.690. The molecule has 1 aromatic carbocycles. The van der Waals surface area contributed by atoms with Gasteiger partial charge in [-0.1, -0.05) is 6.92 Å². The van der Waals surface area contributed by atoms with Crippen molar-refractivity contribution in [2.45, 2.75) is 13.3 Å². The molecule has 1 aromatic rings. The molecule has 1 rings (SSSR count). The molecule has 0 fully saturated rings. The molecule has 0 heterocycles. The zero-order valence-electron chi connectivity index (χ0n) is 9.49. The van der Waals surface area contributed by atoms with Gasteiger partial charge in [0.15, 0.2) is 0 Å². The first-order chi connectivity index (χ1) is 7.22. The molecule has 0 saturated carbocycles. The summed E-state index contributed by atoms with van der Waals surface area (Å²) in [5.74, 6) is 0.903. The number of anilines is 1. The summed E-state index contributed by atoms with van der Waals surface area (Å²) in [6, 6.07) is 5.96. The number of aryl methyl sites for hydroxylation is 1. The van der Waals surface area contributed by atoms with Crippen LogP contribution in [-0.4, -0.2) is 27.0 Å². The van der Waals surface area contributed by atoms with E-state index in [0.29, 0.717) is 6.54 Å². The smallest absolute Gasteiger partial charge is 0.139 e. The van der Waals surface area contributed by atoms with E-state index in [1.807, 2.05) is 24.1 Å². The largest absolute Gasteiger partial charge is 0.496 e. The Bertz CT molecular complexity index is 336. The zero-order chi connectivity index (χ0) is 11.3. The maximum absolute atomic E-state index is 10.4. The summed E-state index contributed by atoms with van der Waals surface area (Å²) in [5, 5.41) is 0. The first-order valence-electron chi connectivity index (χ1n) is 5.04. The monoisotopic (exact) mass is 207 g/mol. The number of rotatable bonds is 5. The summed E-state index contributed by atoms with van der Waals surface area (Å²) >= 11 is 0. The highest BCUT2D eigenvalue weighted by molar-refractivity contribution is 5.62. The van der Waals surface area contributed by atoms with Crippen LogP contribution < -0.4 is 9.64 Å².